The molecule has 0 fully saturated rings. The van der Waals surface area contributed by atoms with E-state index in [2.05, 4.69) is 0 Å². The molecule has 0 saturated carbocycles. The Bertz CT molecular complexity index is 534. The summed E-state index contributed by atoms with van der Waals surface area (Å²) in [7, 11) is -3.92. The topological polar surface area (TPSA) is 83.5 Å². The number of carbonyl (C=O) groups is 1. The van der Waals surface area contributed by atoms with Crippen molar-refractivity contribution < 1.29 is 18.3 Å². The normalized spacial score (nSPS) is 13.2. The fourth-order valence-corrected chi connectivity index (χ4v) is 2.65. The Kier molecular flexibility index (Phi) is 3.90. The van der Waals surface area contributed by atoms with E-state index in [9.17, 15) is 13.2 Å². The zero-order chi connectivity index (χ0) is 13.2. The zero-order valence-corrected chi connectivity index (χ0v) is 10.7. The highest BCUT2D eigenvalue weighted by molar-refractivity contribution is 7.90. The molecule has 0 unspecified atom stereocenters. The molecular weight excluding hydrogens is 242 g/mol. The van der Waals surface area contributed by atoms with Gasteiger partial charge in [-0.1, -0.05) is 12.1 Å². The second kappa shape index (κ2) is 4.85. The molecular formula is C11H15NO4S. The summed E-state index contributed by atoms with van der Waals surface area (Å²) in [5, 5.41) is 8.98. The van der Waals surface area contributed by atoms with Crippen LogP contribution in [0.2, 0.25) is 0 Å². The first-order valence-corrected chi connectivity index (χ1v) is 6.54. The molecule has 94 valence electrons. The maximum absolute atomic E-state index is 11.9. The van der Waals surface area contributed by atoms with Crippen molar-refractivity contribution in [3.05, 3.63) is 29.3 Å². The van der Waals surface area contributed by atoms with E-state index in [4.69, 9.17) is 5.11 Å². The average Bonchev–Trinajstić information content (AvgIpc) is 2.20. The lowest BCUT2D eigenvalue weighted by molar-refractivity contribution is -0.126. The molecule has 6 heteroatoms. The van der Waals surface area contributed by atoms with E-state index in [1.165, 1.54) is 13.0 Å². The van der Waals surface area contributed by atoms with Crippen molar-refractivity contribution >= 4 is 15.9 Å². The third kappa shape index (κ3) is 3.28. The van der Waals surface area contributed by atoms with Crippen LogP contribution in [-0.4, -0.2) is 25.5 Å². The molecule has 0 aliphatic carbocycles. The summed E-state index contributed by atoms with van der Waals surface area (Å²) in [5.41, 5.74) is 1.32. The highest BCUT2D eigenvalue weighted by Gasteiger charge is 2.21. The Hall–Kier alpha value is -1.40. The van der Waals surface area contributed by atoms with Gasteiger partial charge in [0, 0.05) is 0 Å². The minimum absolute atomic E-state index is 0.0477. The predicted molar refractivity (Wildman–Crippen MR) is 62.9 cm³/mol. The van der Waals surface area contributed by atoms with Gasteiger partial charge in [-0.25, -0.2) is 13.1 Å². The van der Waals surface area contributed by atoms with E-state index in [0.717, 1.165) is 5.56 Å². The Balaban J connectivity index is 3.14. The van der Waals surface area contributed by atoms with Crippen molar-refractivity contribution in [3.63, 3.8) is 0 Å². The van der Waals surface area contributed by atoms with Crippen molar-refractivity contribution in [1.29, 1.82) is 0 Å². The van der Waals surface area contributed by atoms with Crippen molar-refractivity contribution in [1.82, 2.24) is 4.72 Å². The molecule has 1 aromatic carbocycles. The van der Waals surface area contributed by atoms with Crippen LogP contribution < -0.4 is 4.72 Å². The summed E-state index contributed by atoms with van der Waals surface area (Å²) in [5.74, 6) is -0.939. The highest BCUT2D eigenvalue weighted by atomic mass is 32.2. The van der Waals surface area contributed by atoms with Gasteiger partial charge >= 0.3 is 0 Å². The van der Waals surface area contributed by atoms with Crippen molar-refractivity contribution in [2.24, 2.45) is 0 Å². The smallest absolute Gasteiger partial charge is 0.264 e. The lowest BCUT2D eigenvalue weighted by Gasteiger charge is -2.11. The van der Waals surface area contributed by atoms with Gasteiger partial charge in [0.05, 0.1) is 4.90 Å². The van der Waals surface area contributed by atoms with E-state index in [1.54, 1.807) is 26.0 Å². The van der Waals surface area contributed by atoms with Crippen LogP contribution in [0.3, 0.4) is 0 Å². The number of hydrogen-bond acceptors (Lipinski definition) is 4. The van der Waals surface area contributed by atoms with Crippen molar-refractivity contribution in [3.8, 4) is 0 Å². The summed E-state index contributed by atoms with van der Waals surface area (Å²) >= 11 is 0. The van der Waals surface area contributed by atoms with Crippen molar-refractivity contribution in [2.75, 3.05) is 0 Å². The fourth-order valence-electron chi connectivity index (χ4n) is 1.27. The van der Waals surface area contributed by atoms with E-state index in [0.29, 0.717) is 5.56 Å². The van der Waals surface area contributed by atoms with Gasteiger partial charge in [0.25, 0.3) is 15.9 Å². The SMILES string of the molecule is Cc1ccc(C)c(S(=O)(=O)NC(=O)[C@@H](C)O)c1. The van der Waals surface area contributed by atoms with Gasteiger partial charge in [0.1, 0.15) is 6.10 Å². The van der Waals surface area contributed by atoms with Gasteiger partial charge in [-0.3, -0.25) is 4.79 Å². The second-order valence-electron chi connectivity index (χ2n) is 3.91. The number of sulfonamides is 1. The van der Waals surface area contributed by atoms with Gasteiger partial charge in [-0.05, 0) is 38.0 Å². The number of carbonyl (C=O) groups excluding carboxylic acids is 1. The molecule has 0 radical (unpaired) electrons. The fraction of sp³-hybridized carbons (Fsp3) is 0.364. The van der Waals surface area contributed by atoms with E-state index in [-0.39, 0.29) is 4.90 Å². The molecule has 1 amide bonds. The molecule has 0 bridgehead atoms. The Morgan fingerprint density at radius 1 is 1.35 bits per heavy atom. The van der Waals surface area contributed by atoms with Gasteiger partial charge in [0.15, 0.2) is 0 Å². The molecule has 0 aliphatic rings. The standard InChI is InChI=1S/C11H15NO4S/c1-7-4-5-8(2)10(6-7)17(15,16)12-11(14)9(3)13/h4-6,9,13H,1-3H3,(H,12,14)/t9-/m1/s1. The minimum atomic E-state index is -3.92. The van der Waals surface area contributed by atoms with Crippen LogP contribution in [0, 0.1) is 13.8 Å². The zero-order valence-electron chi connectivity index (χ0n) is 9.89. The van der Waals surface area contributed by atoms with Crippen LogP contribution in [0.5, 0.6) is 0 Å². The first-order chi connectivity index (χ1) is 7.74. The first-order valence-electron chi connectivity index (χ1n) is 5.06. The quantitative estimate of drug-likeness (QED) is 0.825. The van der Waals surface area contributed by atoms with E-state index < -0.39 is 22.0 Å². The molecule has 0 heterocycles. The van der Waals surface area contributed by atoms with Crippen LogP contribution in [-0.2, 0) is 14.8 Å². The summed E-state index contributed by atoms with van der Waals surface area (Å²) in [6, 6.07) is 4.93. The molecule has 2 N–H and O–H groups in total. The number of nitrogens with one attached hydrogen (secondary N) is 1. The summed E-state index contributed by atoms with van der Waals surface area (Å²) in [6.45, 7) is 4.60. The predicted octanol–water partition coefficient (Wildman–Crippen LogP) is 0.489. The summed E-state index contributed by atoms with van der Waals surface area (Å²) in [4.78, 5) is 11.2. The number of amides is 1. The molecule has 1 aromatic rings. The van der Waals surface area contributed by atoms with Gasteiger partial charge in [0.2, 0.25) is 0 Å². The van der Waals surface area contributed by atoms with Gasteiger partial charge in [-0.15, -0.1) is 0 Å². The van der Waals surface area contributed by atoms with Crippen molar-refractivity contribution in [2.45, 2.75) is 31.8 Å². The van der Waals surface area contributed by atoms with E-state index in [1.807, 2.05) is 4.72 Å². The summed E-state index contributed by atoms with van der Waals surface area (Å²) in [6.07, 6.45) is -1.37. The van der Waals surface area contributed by atoms with Crippen LogP contribution in [0.25, 0.3) is 0 Å². The maximum atomic E-state index is 11.9. The Labute approximate surface area is 101 Å². The van der Waals surface area contributed by atoms with Crippen LogP contribution in [0.1, 0.15) is 18.1 Å². The Morgan fingerprint density at radius 2 is 1.94 bits per heavy atom. The molecule has 0 spiro atoms. The van der Waals surface area contributed by atoms with Gasteiger partial charge < -0.3 is 5.11 Å². The maximum Gasteiger partial charge on any atom is 0.264 e. The monoisotopic (exact) mass is 257 g/mol. The molecule has 0 aliphatic heterocycles. The molecule has 1 atom stereocenters. The number of benzene rings is 1. The number of hydrogen-bond donors (Lipinski definition) is 2. The molecule has 17 heavy (non-hydrogen) atoms. The van der Waals surface area contributed by atoms with Crippen LogP contribution in [0.15, 0.2) is 23.1 Å². The van der Waals surface area contributed by atoms with Crippen LogP contribution >= 0.6 is 0 Å². The second-order valence-corrected chi connectivity index (χ2v) is 5.57. The number of aryl methyl sites for hydroxylation is 2. The number of rotatable bonds is 3. The number of aliphatic hydroxyl groups excluding tert-OH is 1. The number of aliphatic hydroxyl groups is 1. The lowest BCUT2D eigenvalue weighted by atomic mass is 10.2. The third-order valence-corrected chi connectivity index (χ3v) is 3.74. The average molecular weight is 257 g/mol. The first kappa shape index (κ1) is 13.7. The molecule has 0 aromatic heterocycles. The largest absolute Gasteiger partial charge is 0.384 e. The van der Waals surface area contributed by atoms with Gasteiger partial charge in [-0.2, -0.15) is 0 Å². The lowest BCUT2D eigenvalue weighted by Crippen LogP contribution is -2.37. The molecule has 5 nitrogen and oxygen atoms in total. The summed E-state index contributed by atoms with van der Waals surface area (Å²) < 4.78 is 25.6. The highest BCUT2D eigenvalue weighted by Crippen LogP contribution is 2.16. The minimum Gasteiger partial charge on any atom is -0.384 e. The Morgan fingerprint density at radius 3 is 2.47 bits per heavy atom. The van der Waals surface area contributed by atoms with E-state index >= 15 is 0 Å². The molecule has 0 saturated heterocycles. The third-order valence-electron chi connectivity index (χ3n) is 2.25. The molecule has 1 rings (SSSR count). The van der Waals surface area contributed by atoms with Crippen LogP contribution in [0.4, 0.5) is 0 Å².